The molecule has 0 aliphatic carbocycles. The minimum atomic E-state index is -0.346. The number of carbonyl (C=O) groups excluding carboxylic acids is 1. The Hall–Kier alpha value is -1.55. The number of hydrogen-bond acceptors (Lipinski definition) is 4. The number of amides is 1. The van der Waals surface area contributed by atoms with Crippen molar-refractivity contribution in [2.24, 2.45) is 0 Å². The van der Waals surface area contributed by atoms with Gasteiger partial charge in [0, 0.05) is 25.7 Å². The molecule has 2 aliphatic rings. The maximum atomic E-state index is 12.3. The molecule has 1 atom stereocenters. The lowest BCUT2D eigenvalue weighted by molar-refractivity contribution is -0.193. The number of morpholine rings is 1. The SMILES string of the molecule is CC(C)N1CC2(CCN(Cc3ccc(C#N)cc3)CC2)O[C@@H](C)C1=O.S. The van der Waals surface area contributed by atoms with Crippen LogP contribution in [0.2, 0.25) is 0 Å². The summed E-state index contributed by atoms with van der Waals surface area (Å²) in [7, 11) is 0. The Balaban J connectivity index is 0.00000243. The van der Waals surface area contributed by atoms with Crippen molar-refractivity contribution in [1.82, 2.24) is 9.80 Å². The molecule has 2 heterocycles. The van der Waals surface area contributed by atoms with Gasteiger partial charge in [0.2, 0.25) is 0 Å². The predicted octanol–water partition coefficient (Wildman–Crippen LogP) is 2.66. The summed E-state index contributed by atoms with van der Waals surface area (Å²) in [6, 6.07) is 10.2. The molecule has 26 heavy (non-hydrogen) atoms. The summed E-state index contributed by atoms with van der Waals surface area (Å²) >= 11 is 0. The van der Waals surface area contributed by atoms with E-state index < -0.39 is 0 Å². The molecule has 2 fully saturated rings. The van der Waals surface area contributed by atoms with Gasteiger partial charge < -0.3 is 9.64 Å². The topological polar surface area (TPSA) is 56.6 Å². The highest BCUT2D eigenvalue weighted by Crippen LogP contribution is 2.34. The fourth-order valence-electron chi connectivity index (χ4n) is 3.86. The Morgan fingerprint density at radius 2 is 1.88 bits per heavy atom. The number of rotatable bonds is 3. The molecule has 0 unspecified atom stereocenters. The van der Waals surface area contributed by atoms with E-state index in [1.807, 2.05) is 36.1 Å². The smallest absolute Gasteiger partial charge is 0.251 e. The summed E-state index contributed by atoms with van der Waals surface area (Å²) in [5.41, 5.74) is 1.73. The summed E-state index contributed by atoms with van der Waals surface area (Å²) in [5, 5.41) is 8.89. The number of likely N-dealkylation sites (tertiary alicyclic amines) is 1. The minimum absolute atomic E-state index is 0. The number of carbonyl (C=O) groups is 1. The molecule has 2 saturated heterocycles. The Labute approximate surface area is 163 Å². The van der Waals surface area contributed by atoms with Crippen molar-refractivity contribution < 1.29 is 9.53 Å². The molecule has 5 nitrogen and oxygen atoms in total. The van der Waals surface area contributed by atoms with Gasteiger partial charge in [0.1, 0.15) is 6.10 Å². The highest BCUT2D eigenvalue weighted by molar-refractivity contribution is 7.59. The molecular weight excluding hydrogens is 346 g/mol. The van der Waals surface area contributed by atoms with Gasteiger partial charge >= 0.3 is 0 Å². The van der Waals surface area contributed by atoms with Crippen LogP contribution in [0.3, 0.4) is 0 Å². The summed E-state index contributed by atoms with van der Waals surface area (Å²) in [5.74, 6) is 0.112. The first-order valence-corrected chi connectivity index (χ1v) is 9.12. The first kappa shape index (κ1) is 20.8. The van der Waals surface area contributed by atoms with Crippen LogP contribution in [0.25, 0.3) is 0 Å². The van der Waals surface area contributed by atoms with Crippen molar-refractivity contribution in [3.05, 3.63) is 35.4 Å². The second-order valence-electron chi connectivity index (χ2n) is 7.59. The molecule has 0 saturated carbocycles. The average Bonchev–Trinajstić information content (AvgIpc) is 2.61. The fraction of sp³-hybridized carbons (Fsp3) is 0.600. The molecule has 0 bridgehead atoms. The van der Waals surface area contributed by atoms with Crippen molar-refractivity contribution in [3.8, 4) is 6.07 Å². The highest BCUT2D eigenvalue weighted by atomic mass is 32.1. The van der Waals surface area contributed by atoms with Gasteiger partial charge in [-0.15, -0.1) is 0 Å². The summed E-state index contributed by atoms with van der Waals surface area (Å²) in [4.78, 5) is 16.7. The van der Waals surface area contributed by atoms with Gasteiger partial charge in [0.05, 0.1) is 23.8 Å². The highest BCUT2D eigenvalue weighted by Gasteiger charge is 2.45. The Kier molecular flexibility index (Phi) is 6.73. The van der Waals surface area contributed by atoms with Gasteiger partial charge in [-0.05, 0) is 51.3 Å². The van der Waals surface area contributed by atoms with E-state index >= 15 is 0 Å². The third-order valence-electron chi connectivity index (χ3n) is 5.40. The number of nitrogens with zero attached hydrogens (tertiary/aromatic N) is 3. The van der Waals surface area contributed by atoms with Gasteiger partial charge in [-0.1, -0.05) is 12.1 Å². The molecule has 1 amide bonds. The zero-order valence-corrected chi connectivity index (χ0v) is 16.9. The molecule has 0 radical (unpaired) electrons. The van der Waals surface area contributed by atoms with E-state index in [1.54, 1.807) is 0 Å². The number of piperidine rings is 1. The zero-order valence-electron chi connectivity index (χ0n) is 15.9. The van der Waals surface area contributed by atoms with E-state index in [0.717, 1.165) is 32.5 Å². The maximum absolute atomic E-state index is 12.3. The van der Waals surface area contributed by atoms with Crippen LogP contribution in [0.4, 0.5) is 0 Å². The number of nitriles is 1. The number of benzene rings is 1. The van der Waals surface area contributed by atoms with E-state index in [2.05, 4.69) is 24.8 Å². The normalized spacial score (nSPS) is 23.0. The minimum Gasteiger partial charge on any atom is -0.360 e. The van der Waals surface area contributed by atoms with Gasteiger partial charge in [-0.3, -0.25) is 9.69 Å². The molecule has 0 N–H and O–H groups in total. The van der Waals surface area contributed by atoms with Gasteiger partial charge in [-0.25, -0.2) is 0 Å². The van der Waals surface area contributed by atoms with E-state index in [1.165, 1.54) is 5.56 Å². The van der Waals surface area contributed by atoms with E-state index in [4.69, 9.17) is 10.00 Å². The molecule has 142 valence electrons. The molecule has 2 aliphatic heterocycles. The first-order chi connectivity index (χ1) is 11.9. The van der Waals surface area contributed by atoms with Crippen LogP contribution in [-0.2, 0) is 16.1 Å². The van der Waals surface area contributed by atoms with E-state index in [9.17, 15) is 4.79 Å². The summed E-state index contributed by atoms with van der Waals surface area (Å²) in [6.45, 7) is 9.55. The monoisotopic (exact) mass is 375 g/mol. The molecule has 0 aromatic heterocycles. The van der Waals surface area contributed by atoms with Crippen LogP contribution >= 0.6 is 13.5 Å². The predicted molar refractivity (Wildman–Crippen MR) is 106 cm³/mol. The lowest BCUT2D eigenvalue weighted by Crippen LogP contribution is -2.62. The van der Waals surface area contributed by atoms with Gasteiger partial charge in [0.25, 0.3) is 5.91 Å². The zero-order chi connectivity index (χ0) is 18.0. The Morgan fingerprint density at radius 3 is 2.42 bits per heavy atom. The van der Waals surface area contributed by atoms with Crippen molar-refractivity contribution in [3.63, 3.8) is 0 Å². The summed E-state index contributed by atoms with van der Waals surface area (Å²) < 4.78 is 6.18. The molecule has 6 heteroatoms. The molecule has 3 rings (SSSR count). The van der Waals surface area contributed by atoms with E-state index in [0.29, 0.717) is 12.1 Å². The molecule has 1 spiro atoms. The number of ether oxygens (including phenoxy) is 1. The maximum Gasteiger partial charge on any atom is 0.251 e. The second-order valence-corrected chi connectivity index (χ2v) is 7.59. The van der Waals surface area contributed by atoms with Crippen LogP contribution in [-0.4, -0.2) is 53.1 Å². The Bertz CT molecular complexity index is 661. The standard InChI is InChI=1S/C20H27N3O2.H2S/c1-15(2)23-14-20(25-16(3)19(23)24)8-10-22(11-9-20)13-18-6-4-17(12-21)5-7-18;/h4-7,15-16H,8-11,13-14H2,1-3H3;1H2/t16-;/m0./s1. The van der Waals surface area contributed by atoms with E-state index in [-0.39, 0.29) is 37.1 Å². The molecular formula is C20H29N3O2S. The van der Waals surface area contributed by atoms with Crippen LogP contribution in [0.1, 0.15) is 44.7 Å². The third-order valence-corrected chi connectivity index (χ3v) is 5.40. The fourth-order valence-corrected chi connectivity index (χ4v) is 3.86. The lowest BCUT2D eigenvalue weighted by atomic mass is 9.87. The largest absolute Gasteiger partial charge is 0.360 e. The van der Waals surface area contributed by atoms with Crippen molar-refractivity contribution in [2.75, 3.05) is 19.6 Å². The first-order valence-electron chi connectivity index (χ1n) is 9.12. The van der Waals surface area contributed by atoms with Crippen LogP contribution in [0, 0.1) is 11.3 Å². The van der Waals surface area contributed by atoms with Gasteiger partial charge in [-0.2, -0.15) is 18.8 Å². The summed E-state index contributed by atoms with van der Waals surface area (Å²) in [6.07, 6.45) is 1.55. The second kappa shape index (κ2) is 8.43. The quantitative estimate of drug-likeness (QED) is 0.815. The molecule has 1 aromatic carbocycles. The van der Waals surface area contributed by atoms with Crippen LogP contribution < -0.4 is 0 Å². The van der Waals surface area contributed by atoms with Crippen molar-refractivity contribution >= 4 is 19.4 Å². The molecule has 1 aromatic rings. The van der Waals surface area contributed by atoms with Crippen LogP contribution in [0.5, 0.6) is 0 Å². The van der Waals surface area contributed by atoms with Gasteiger partial charge in [0.15, 0.2) is 0 Å². The van der Waals surface area contributed by atoms with Crippen molar-refractivity contribution in [2.45, 2.75) is 57.9 Å². The number of hydrogen-bond donors (Lipinski definition) is 0. The third kappa shape index (κ3) is 4.40. The van der Waals surface area contributed by atoms with Crippen molar-refractivity contribution in [1.29, 1.82) is 5.26 Å². The lowest BCUT2D eigenvalue weighted by Gasteiger charge is -2.50. The Morgan fingerprint density at radius 1 is 1.27 bits per heavy atom. The van der Waals surface area contributed by atoms with Crippen LogP contribution in [0.15, 0.2) is 24.3 Å². The average molecular weight is 376 g/mol.